The van der Waals surface area contributed by atoms with Gasteiger partial charge in [0.2, 0.25) is 5.88 Å². The van der Waals surface area contributed by atoms with E-state index in [9.17, 15) is 4.79 Å². The number of hydrogen-bond acceptors (Lipinski definition) is 7. The van der Waals surface area contributed by atoms with Crippen LogP contribution < -0.4 is 4.74 Å². The molecule has 0 spiro atoms. The number of benzene rings is 1. The van der Waals surface area contributed by atoms with E-state index in [4.69, 9.17) is 14.5 Å². The smallest absolute Gasteiger partial charge is 0.316 e. The Morgan fingerprint density at radius 1 is 1.03 bits per heavy atom. The van der Waals surface area contributed by atoms with Crippen LogP contribution in [0.5, 0.6) is 5.88 Å². The number of methoxy groups -OCH3 is 1. The van der Waals surface area contributed by atoms with Gasteiger partial charge in [-0.3, -0.25) is 19.4 Å². The molecule has 1 saturated carbocycles. The summed E-state index contributed by atoms with van der Waals surface area (Å²) in [6.45, 7) is 3.92. The summed E-state index contributed by atoms with van der Waals surface area (Å²) in [6.07, 6.45) is 9.33. The summed E-state index contributed by atoms with van der Waals surface area (Å²) in [5, 5.41) is 4.46. The van der Waals surface area contributed by atoms with Gasteiger partial charge < -0.3 is 9.47 Å². The SMILES string of the molecule is COC(=O)C1(c2ccc(-c3ccc(-c4cnn(C)c4Cc4cncc(OC(C)C)n4)nc3)cc2)CC1. The van der Waals surface area contributed by atoms with E-state index in [0.717, 1.165) is 52.2 Å². The first-order chi connectivity index (χ1) is 17.4. The fourth-order valence-electron chi connectivity index (χ4n) is 4.46. The largest absolute Gasteiger partial charge is 0.474 e. The van der Waals surface area contributed by atoms with Crippen LogP contribution in [0.2, 0.25) is 0 Å². The predicted octanol–water partition coefficient (Wildman–Crippen LogP) is 4.52. The number of ether oxygens (including phenoxy) is 2. The molecule has 3 aromatic heterocycles. The third-order valence-corrected chi connectivity index (χ3v) is 6.57. The van der Waals surface area contributed by atoms with Crippen molar-refractivity contribution in [2.45, 2.75) is 44.6 Å². The molecule has 0 bridgehead atoms. The van der Waals surface area contributed by atoms with Gasteiger partial charge in [-0.05, 0) is 43.9 Å². The van der Waals surface area contributed by atoms with Crippen molar-refractivity contribution < 1.29 is 14.3 Å². The van der Waals surface area contributed by atoms with Gasteiger partial charge in [-0.2, -0.15) is 5.10 Å². The van der Waals surface area contributed by atoms with E-state index in [0.29, 0.717) is 12.3 Å². The second-order valence-corrected chi connectivity index (χ2v) is 9.40. The Bertz CT molecular complexity index is 1370. The molecule has 0 unspecified atom stereocenters. The van der Waals surface area contributed by atoms with Gasteiger partial charge in [0.25, 0.3) is 0 Å². The number of carbonyl (C=O) groups excluding carboxylic acids is 1. The normalized spacial score (nSPS) is 14.0. The van der Waals surface area contributed by atoms with Crippen LogP contribution in [0.15, 0.2) is 61.2 Å². The Morgan fingerprint density at radius 2 is 1.78 bits per heavy atom. The topological polar surface area (TPSA) is 92.0 Å². The van der Waals surface area contributed by atoms with Crippen molar-refractivity contribution in [3.05, 3.63) is 78.1 Å². The number of esters is 1. The van der Waals surface area contributed by atoms with Crippen LogP contribution in [-0.4, -0.2) is 43.9 Å². The summed E-state index contributed by atoms with van der Waals surface area (Å²) in [5.74, 6) is 0.359. The highest BCUT2D eigenvalue weighted by atomic mass is 16.5. The number of pyridine rings is 1. The minimum absolute atomic E-state index is 0.0309. The quantitative estimate of drug-likeness (QED) is 0.340. The van der Waals surface area contributed by atoms with Crippen molar-refractivity contribution in [3.8, 4) is 28.3 Å². The molecular formula is C28H29N5O3. The summed E-state index contributed by atoms with van der Waals surface area (Å²) in [7, 11) is 3.36. The molecule has 0 saturated heterocycles. The molecule has 0 radical (unpaired) electrons. The molecular weight excluding hydrogens is 454 g/mol. The van der Waals surface area contributed by atoms with Gasteiger partial charge in [-0.1, -0.05) is 30.3 Å². The lowest BCUT2D eigenvalue weighted by atomic mass is 9.94. The standard InChI is InChI=1S/C28H29N5O3/c1-18(2)36-26-17-29-15-22(32-26)13-25-23(16-31-33(25)3)24-10-7-20(14-30-24)19-5-8-21(9-6-19)28(11-12-28)27(34)35-4/h5-10,14-18H,11-13H2,1-4H3. The third-order valence-electron chi connectivity index (χ3n) is 6.57. The van der Waals surface area contributed by atoms with Crippen LogP contribution in [0.25, 0.3) is 22.4 Å². The van der Waals surface area contributed by atoms with Gasteiger partial charge in [0.1, 0.15) is 0 Å². The van der Waals surface area contributed by atoms with Gasteiger partial charge in [-0.15, -0.1) is 0 Å². The van der Waals surface area contributed by atoms with E-state index in [-0.39, 0.29) is 12.1 Å². The summed E-state index contributed by atoms with van der Waals surface area (Å²) >= 11 is 0. The minimum Gasteiger partial charge on any atom is -0.474 e. The molecule has 5 rings (SSSR count). The molecule has 3 heterocycles. The molecule has 0 amide bonds. The highest BCUT2D eigenvalue weighted by molar-refractivity contribution is 5.86. The predicted molar refractivity (Wildman–Crippen MR) is 135 cm³/mol. The number of hydrogen-bond donors (Lipinski definition) is 0. The zero-order chi connectivity index (χ0) is 25.3. The molecule has 0 N–H and O–H groups in total. The van der Waals surface area contributed by atoms with Gasteiger partial charge in [-0.25, -0.2) is 4.98 Å². The molecule has 184 valence electrons. The first-order valence-electron chi connectivity index (χ1n) is 12.0. The zero-order valence-corrected chi connectivity index (χ0v) is 20.9. The van der Waals surface area contributed by atoms with E-state index in [1.807, 2.05) is 68.3 Å². The van der Waals surface area contributed by atoms with Crippen LogP contribution in [0.1, 0.15) is 43.6 Å². The number of nitrogens with zero attached hydrogens (tertiary/aromatic N) is 5. The minimum atomic E-state index is -0.461. The Morgan fingerprint density at radius 3 is 2.42 bits per heavy atom. The summed E-state index contributed by atoms with van der Waals surface area (Å²) in [5.41, 5.74) is 6.17. The maximum absolute atomic E-state index is 12.2. The number of carbonyl (C=O) groups is 1. The lowest BCUT2D eigenvalue weighted by Crippen LogP contribution is -2.21. The molecule has 0 atom stereocenters. The maximum atomic E-state index is 12.2. The molecule has 36 heavy (non-hydrogen) atoms. The van der Waals surface area contributed by atoms with Crippen LogP contribution in [-0.2, 0) is 28.4 Å². The zero-order valence-electron chi connectivity index (χ0n) is 20.9. The van der Waals surface area contributed by atoms with Crippen molar-refractivity contribution in [1.82, 2.24) is 24.7 Å². The molecule has 4 aromatic rings. The van der Waals surface area contributed by atoms with Crippen molar-refractivity contribution in [1.29, 1.82) is 0 Å². The van der Waals surface area contributed by atoms with E-state index in [1.54, 1.807) is 12.4 Å². The molecule has 8 heteroatoms. The van der Waals surface area contributed by atoms with Crippen LogP contribution in [0, 0.1) is 0 Å². The number of rotatable bonds is 8. The highest BCUT2D eigenvalue weighted by Crippen LogP contribution is 2.49. The lowest BCUT2D eigenvalue weighted by Gasteiger charge is -2.13. The number of aryl methyl sites for hydroxylation is 1. The maximum Gasteiger partial charge on any atom is 0.316 e. The molecule has 1 fully saturated rings. The molecule has 8 nitrogen and oxygen atoms in total. The molecule has 0 aliphatic heterocycles. The first-order valence-corrected chi connectivity index (χ1v) is 12.0. The third kappa shape index (κ3) is 4.58. The Hall–Kier alpha value is -4.07. The van der Waals surface area contributed by atoms with E-state index < -0.39 is 5.41 Å². The Balaban J connectivity index is 1.36. The fourth-order valence-corrected chi connectivity index (χ4v) is 4.46. The van der Waals surface area contributed by atoms with Crippen LogP contribution in [0.3, 0.4) is 0 Å². The molecule has 1 aliphatic rings. The first kappa shape index (κ1) is 23.7. The van der Waals surface area contributed by atoms with E-state index in [2.05, 4.69) is 21.1 Å². The van der Waals surface area contributed by atoms with Gasteiger partial charge in [0.15, 0.2) is 0 Å². The fraction of sp³-hybridized carbons (Fsp3) is 0.321. The van der Waals surface area contributed by atoms with Gasteiger partial charge in [0.05, 0.1) is 48.1 Å². The average molecular weight is 484 g/mol. The lowest BCUT2D eigenvalue weighted by molar-refractivity contribution is -0.143. The second-order valence-electron chi connectivity index (χ2n) is 9.40. The van der Waals surface area contributed by atoms with E-state index >= 15 is 0 Å². The molecule has 1 aromatic carbocycles. The van der Waals surface area contributed by atoms with Crippen molar-refractivity contribution in [2.75, 3.05) is 7.11 Å². The van der Waals surface area contributed by atoms with Gasteiger partial charge in [0, 0.05) is 37.0 Å². The van der Waals surface area contributed by atoms with Crippen LogP contribution in [0.4, 0.5) is 0 Å². The molecule has 1 aliphatic carbocycles. The summed E-state index contributed by atoms with van der Waals surface area (Å²) in [6, 6.07) is 12.2. The van der Waals surface area contributed by atoms with Crippen LogP contribution >= 0.6 is 0 Å². The highest BCUT2D eigenvalue weighted by Gasteiger charge is 2.52. The average Bonchev–Trinajstić information content (AvgIpc) is 3.62. The summed E-state index contributed by atoms with van der Waals surface area (Å²) in [4.78, 5) is 25.8. The monoisotopic (exact) mass is 483 g/mol. The second kappa shape index (κ2) is 9.53. The van der Waals surface area contributed by atoms with Crippen molar-refractivity contribution in [3.63, 3.8) is 0 Å². The Labute approximate surface area is 210 Å². The van der Waals surface area contributed by atoms with E-state index in [1.165, 1.54) is 7.11 Å². The summed E-state index contributed by atoms with van der Waals surface area (Å²) < 4.78 is 12.5. The Kier molecular flexibility index (Phi) is 6.26. The van der Waals surface area contributed by atoms with Crippen molar-refractivity contribution in [2.24, 2.45) is 7.05 Å². The van der Waals surface area contributed by atoms with Crippen molar-refractivity contribution >= 4 is 5.97 Å². The van der Waals surface area contributed by atoms with Gasteiger partial charge >= 0.3 is 5.97 Å². The number of aromatic nitrogens is 5.